The molecule has 6 nitrogen and oxygen atoms in total. The molecule has 32 heavy (non-hydrogen) atoms. The monoisotopic (exact) mass is 446 g/mol. The first-order valence-corrected chi connectivity index (χ1v) is 12.0. The number of amides is 2. The summed E-state index contributed by atoms with van der Waals surface area (Å²) in [6.45, 7) is 0.562. The van der Waals surface area contributed by atoms with Crippen LogP contribution in [-0.4, -0.2) is 24.5 Å². The predicted molar refractivity (Wildman–Crippen MR) is 120 cm³/mol. The highest BCUT2D eigenvalue weighted by molar-refractivity contribution is 7.89. The van der Waals surface area contributed by atoms with E-state index in [-0.39, 0.29) is 29.2 Å². The Hall–Kier alpha value is -3.29. The highest BCUT2D eigenvalue weighted by Gasteiger charge is 2.33. The molecule has 1 fully saturated rings. The summed E-state index contributed by atoms with van der Waals surface area (Å²) < 4.78 is 28.0. The average Bonchev–Trinajstić information content (AvgIpc) is 3.24. The minimum absolute atomic E-state index is 0.247. The van der Waals surface area contributed by atoms with Crippen LogP contribution < -0.4 is 5.32 Å². The Bertz CT molecular complexity index is 1300. The first-order chi connectivity index (χ1) is 15.4. The van der Waals surface area contributed by atoms with Crippen LogP contribution in [0.5, 0.6) is 0 Å². The van der Waals surface area contributed by atoms with Gasteiger partial charge in [0.2, 0.25) is 21.8 Å². The molecular weight excluding hydrogens is 424 g/mol. The zero-order chi connectivity index (χ0) is 22.3. The van der Waals surface area contributed by atoms with Crippen molar-refractivity contribution < 1.29 is 18.0 Å². The zero-order valence-corrected chi connectivity index (χ0v) is 18.1. The Morgan fingerprint density at radius 3 is 2.22 bits per heavy atom. The van der Waals surface area contributed by atoms with Gasteiger partial charge in [-0.3, -0.25) is 14.9 Å². The van der Waals surface area contributed by atoms with Gasteiger partial charge in [0.15, 0.2) is 0 Å². The quantitative estimate of drug-likeness (QED) is 0.621. The van der Waals surface area contributed by atoms with Crippen molar-refractivity contribution in [1.29, 1.82) is 0 Å². The smallest absolute Gasteiger partial charge is 0.243 e. The SMILES string of the molecule is O=C1CCC(c2ccc3c(c2)CN(S(=O)(=O)c2ccc(-c4ccccc4)cc2)C3)C(=O)N1. The van der Waals surface area contributed by atoms with E-state index in [1.54, 1.807) is 12.1 Å². The molecule has 2 aliphatic rings. The van der Waals surface area contributed by atoms with Crippen LogP contribution in [0.3, 0.4) is 0 Å². The van der Waals surface area contributed by atoms with Crippen molar-refractivity contribution in [1.82, 2.24) is 9.62 Å². The van der Waals surface area contributed by atoms with Crippen LogP contribution in [0.2, 0.25) is 0 Å². The fraction of sp³-hybridized carbons (Fsp3) is 0.200. The fourth-order valence-corrected chi connectivity index (χ4v) is 5.78. The number of nitrogens with zero attached hydrogens (tertiary/aromatic N) is 1. The Kier molecular flexibility index (Phi) is 5.15. The van der Waals surface area contributed by atoms with Gasteiger partial charge in [0.25, 0.3) is 0 Å². The van der Waals surface area contributed by atoms with E-state index in [9.17, 15) is 18.0 Å². The molecule has 5 rings (SSSR count). The first kappa shape index (κ1) is 20.6. The molecule has 1 saturated heterocycles. The van der Waals surface area contributed by atoms with Crippen LogP contribution in [0.25, 0.3) is 11.1 Å². The highest BCUT2D eigenvalue weighted by Crippen LogP contribution is 2.33. The molecule has 0 bridgehead atoms. The molecule has 2 amide bonds. The molecule has 2 aliphatic heterocycles. The molecular formula is C25H22N2O4S. The lowest BCUT2D eigenvalue weighted by Gasteiger charge is -2.21. The lowest BCUT2D eigenvalue weighted by Crippen LogP contribution is -2.39. The second kappa shape index (κ2) is 8.00. The third-order valence-corrected chi connectivity index (χ3v) is 7.97. The number of piperidine rings is 1. The van der Waals surface area contributed by atoms with Gasteiger partial charge in [-0.05, 0) is 46.4 Å². The van der Waals surface area contributed by atoms with Gasteiger partial charge in [-0.15, -0.1) is 0 Å². The van der Waals surface area contributed by atoms with Crippen molar-refractivity contribution in [2.24, 2.45) is 0 Å². The van der Waals surface area contributed by atoms with Crippen LogP contribution in [0, 0.1) is 0 Å². The third-order valence-electron chi connectivity index (χ3n) is 6.16. The van der Waals surface area contributed by atoms with Crippen molar-refractivity contribution in [3.63, 3.8) is 0 Å². The summed E-state index contributed by atoms with van der Waals surface area (Å²) in [6, 6.07) is 22.4. The van der Waals surface area contributed by atoms with Gasteiger partial charge in [-0.1, -0.05) is 60.7 Å². The van der Waals surface area contributed by atoms with Gasteiger partial charge in [0.05, 0.1) is 10.8 Å². The minimum Gasteiger partial charge on any atom is -0.296 e. The van der Waals surface area contributed by atoms with E-state index in [4.69, 9.17) is 0 Å². The number of nitrogens with one attached hydrogen (secondary N) is 1. The van der Waals surface area contributed by atoms with E-state index in [1.165, 1.54) is 4.31 Å². The van der Waals surface area contributed by atoms with Crippen molar-refractivity contribution in [3.05, 3.63) is 89.5 Å². The van der Waals surface area contributed by atoms with Crippen molar-refractivity contribution >= 4 is 21.8 Å². The summed E-state index contributed by atoms with van der Waals surface area (Å²) in [5.74, 6) is -0.917. The lowest BCUT2D eigenvalue weighted by molar-refractivity contribution is -0.134. The second-order valence-corrected chi connectivity index (χ2v) is 10.1. The second-order valence-electron chi connectivity index (χ2n) is 8.20. The lowest BCUT2D eigenvalue weighted by atomic mass is 9.89. The van der Waals surface area contributed by atoms with Crippen molar-refractivity contribution in [3.8, 4) is 11.1 Å². The average molecular weight is 447 g/mol. The molecule has 3 aromatic carbocycles. The number of hydrogen-bond acceptors (Lipinski definition) is 4. The number of sulfonamides is 1. The predicted octanol–water partition coefficient (Wildman–Crippen LogP) is 3.58. The minimum atomic E-state index is -3.65. The standard InChI is InChI=1S/C25H22N2O4S/c28-24-13-12-23(25(29)26-24)19-6-7-20-15-27(16-21(20)14-19)32(30,31)22-10-8-18(9-11-22)17-4-2-1-3-5-17/h1-11,14,23H,12-13,15-16H2,(H,26,28,29). The fourth-order valence-electron chi connectivity index (χ4n) is 4.38. The maximum Gasteiger partial charge on any atom is 0.243 e. The highest BCUT2D eigenvalue weighted by atomic mass is 32.2. The van der Waals surface area contributed by atoms with Crippen LogP contribution in [0.1, 0.15) is 35.4 Å². The summed E-state index contributed by atoms with van der Waals surface area (Å²) >= 11 is 0. The van der Waals surface area contributed by atoms with Gasteiger partial charge in [0, 0.05) is 19.5 Å². The van der Waals surface area contributed by atoms with Crippen LogP contribution in [-0.2, 0) is 32.7 Å². The zero-order valence-electron chi connectivity index (χ0n) is 17.3. The Labute approximate surface area is 186 Å². The Balaban J connectivity index is 1.36. The van der Waals surface area contributed by atoms with Crippen LogP contribution >= 0.6 is 0 Å². The van der Waals surface area contributed by atoms with E-state index in [0.717, 1.165) is 27.8 Å². The van der Waals surface area contributed by atoms with Gasteiger partial charge in [-0.2, -0.15) is 4.31 Å². The molecule has 1 atom stereocenters. The largest absolute Gasteiger partial charge is 0.296 e. The number of carbonyl (C=O) groups is 2. The number of fused-ring (bicyclic) bond motifs is 1. The number of hydrogen-bond donors (Lipinski definition) is 1. The molecule has 0 saturated carbocycles. The summed E-state index contributed by atoms with van der Waals surface area (Å²) in [5, 5.41) is 2.38. The van der Waals surface area contributed by atoms with E-state index in [2.05, 4.69) is 5.32 Å². The molecule has 0 aromatic heterocycles. The number of benzene rings is 3. The maximum absolute atomic E-state index is 13.2. The van der Waals surface area contributed by atoms with E-state index >= 15 is 0 Å². The number of carbonyl (C=O) groups excluding carboxylic acids is 2. The van der Waals surface area contributed by atoms with Gasteiger partial charge in [-0.25, -0.2) is 8.42 Å². The molecule has 7 heteroatoms. The molecule has 3 aromatic rings. The number of imide groups is 1. The molecule has 162 valence electrons. The van der Waals surface area contributed by atoms with E-state index < -0.39 is 10.0 Å². The number of rotatable bonds is 4. The normalized spacial score (nSPS) is 18.9. The summed E-state index contributed by atoms with van der Waals surface area (Å²) in [6.07, 6.45) is 0.784. The molecule has 0 aliphatic carbocycles. The third kappa shape index (κ3) is 3.74. The Morgan fingerprint density at radius 1 is 0.812 bits per heavy atom. The maximum atomic E-state index is 13.2. The van der Waals surface area contributed by atoms with Gasteiger partial charge in [0.1, 0.15) is 0 Å². The van der Waals surface area contributed by atoms with E-state index in [1.807, 2.05) is 60.7 Å². The summed E-state index contributed by atoms with van der Waals surface area (Å²) in [4.78, 5) is 23.9. The molecule has 1 unspecified atom stereocenters. The van der Waals surface area contributed by atoms with Gasteiger partial charge < -0.3 is 0 Å². The van der Waals surface area contributed by atoms with E-state index in [0.29, 0.717) is 19.4 Å². The van der Waals surface area contributed by atoms with Gasteiger partial charge >= 0.3 is 0 Å². The topological polar surface area (TPSA) is 83.6 Å². The van der Waals surface area contributed by atoms with Crippen LogP contribution in [0.4, 0.5) is 0 Å². The molecule has 1 N–H and O–H groups in total. The Morgan fingerprint density at radius 2 is 1.50 bits per heavy atom. The van der Waals surface area contributed by atoms with Crippen LogP contribution in [0.15, 0.2) is 77.7 Å². The molecule has 2 heterocycles. The first-order valence-electron chi connectivity index (χ1n) is 10.5. The molecule has 0 spiro atoms. The van der Waals surface area contributed by atoms with Crippen molar-refractivity contribution in [2.45, 2.75) is 36.7 Å². The molecule has 0 radical (unpaired) electrons. The van der Waals surface area contributed by atoms with Crippen molar-refractivity contribution in [2.75, 3.05) is 0 Å². The summed E-state index contributed by atoms with van der Waals surface area (Å²) in [7, 11) is -3.65. The summed E-state index contributed by atoms with van der Waals surface area (Å²) in [5.41, 5.74) is 4.65.